The molecule has 0 radical (unpaired) electrons. The van der Waals surface area contributed by atoms with Gasteiger partial charge in [-0.05, 0) is 48.8 Å². The van der Waals surface area contributed by atoms with Crippen LogP contribution in [0.2, 0.25) is 0 Å². The van der Waals surface area contributed by atoms with Gasteiger partial charge in [-0.2, -0.15) is 0 Å². The zero-order chi connectivity index (χ0) is 16.7. The van der Waals surface area contributed by atoms with E-state index in [1.807, 2.05) is 12.1 Å². The van der Waals surface area contributed by atoms with E-state index in [0.29, 0.717) is 24.9 Å². The number of benzene rings is 1. The first-order valence-corrected chi connectivity index (χ1v) is 8.87. The number of methoxy groups -OCH3 is 1. The third-order valence-corrected chi connectivity index (χ3v) is 5.94. The molecule has 2 aliphatic carbocycles. The highest BCUT2D eigenvalue weighted by Gasteiger charge is 2.51. The Morgan fingerprint density at radius 2 is 2.08 bits per heavy atom. The fourth-order valence-corrected chi connectivity index (χ4v) is 4.37. The Kier molecular flexibility index (Phi) is 3.74. The number of carbonyl (C=O) groups is 2. The maximum Gasteiger partial charge on any atom is 0.324 e. The number of nitrogens with one attached hydrogen (secondary N) is 1. The van der Waals surface area contributed by atoms with Gasteiger partial charge in [-0.25, -0.2) is 4.79 Å². The molecule has 0 aromatic heterocycles. The van der Waals surface area contributed by atoms with Crippen molar-refractivity contribution < 1.29 is 14.3 Å². The molecule has 3 amide bonds. The summed E-state index contributed by atoms with van der Waals surface area (Å²) < 4.78 is 5.29. The number of imide groups is 1. The van der Waals surface area contributed by atoms with Crippen molar-refractivity contribution in [3.05, 3.63) is 29.8 Å². The first-order chi connectivity index (χ1) is 11.6. The monoisotopic (exact) mass is 328 g/mol. The molecule has 0 unspecified atom stereocenters. The molecule has 1 heterocycles. The van der Waals surface area contributed by atoms with Crippen molar-refractivity contribution in [2.45, 2.75) is 38.0 Å². The van der Waals surface area contributed by atoms with E-state index in [4.69, 9.17) is 4.74 Å². The average molecular weight is 328 g/mol. The van der Waals surface area contributed by atoms with Crippen molar-refractivity contribution in [2.75, 3.05) is 20.2 Å². The maximum absolute atomic E-state index is 12.9. The van der Waals surface area contributed by atoms with Gasteiger partial charge >= 0.3 is 6.03 Å². The molecule has 3 fully saturated rings. The SMILES string of the molecule is COc1cccc([C@@H]2C[C@H]2CN2C(=O)NCC3(CCCC3)C2=O)c1. The van der Waals surface area contributed by atoms with Crippen molar-refractivity contribution in [1.82, 2.24) is 10.2 Å². The van der Waals surface area contributed by atoms with Gasteiger partial charge in [0.2, 0.25) is 5.91 Å². The van der Waals surface area contributed by atoms with E-state index in [9.17, 15) is 9.59 Å². The smallest absolute Gasteiger partial charge is 0.324 e. The van der Waals surface area contributed by atoms with E-state index in [0.717, 1.165) is 37.9 Å². The Labute approximate surface area is 142 Å². The summed E-state index contributed by atoms with van der Waals surface area (Å²) in [5, 5.41) is 2.95. The second-order valence-corrected chi connectivity index (χ2v) is 7.44. The van der Waals surface area contributed by atoms with Crippen LogP contribution >= 0.6 is 0 Å². The standard InChI is InChI=1S/C19H24N2O3/c1-24-15-6-4-5-13(9-15)16-10-14(16)11-21-17(22)19(7-2-3-8-19)12-20-18(21)23/h4-6,9,14,16H,2-3,7-8,10-12H2,1H3,(H,20,23)/t14-,16-/m0/s1. The Bertz CT molecular complexity index is 666. The average Bonchev–Trinajstić information content (AvgIpc) is 3.22. The molecule has 3 aliphatic rings. The van der Waals surface area contributed by atoms with Gasteiger partial charge in [0.15, 0.2) is 0 Å². The number of hydrogen-bond acceptors (Lipinski definition) is 3. The van der Waals surface area contributed by atoms with Gasteiger partial charge in [-0.15, -0.1) is 0 Å². The van der Waals surface area contributed by atoms with Crippen molar-refractivity contribution in [2.24, 2.45) is 11.3 Å². The second-order valence-electron chi connectivity index (χ2n) is 7.44. The van der Waals surface area contributed by atoms with E-state index >= 15 is 0 Å². The molecular formula is C19H24N2O3. The summed E-state index contributed by atoms with van der Waals surface area (Å²) in [6.07, 6.45) is 5.02. The third kappa shape index (κ3) is 2.56. The first kappa shape index (κ1) is 15.5. The molecule has 1 saturated heterocycles. The molecule has 1 aromatic carbocycles. The van der Waals surface area contributed by atoms with Gasteiger partial charge in [-0.1, -0.05) is 25.0 Å². The molecule has 2 saturated carbocycles. The lowest BCUT2D eigenvalue weighted by Crippen LogP contribution is -2.60. The number of rotatable bonds is 4. The molecule has 0 bridgehead atoms. The number of carbonyl (C=O) groups excluding carboxylic acids is 2. The lowest BCUT2D eigenvalue weighted by molar-refractivity contribution is -0.140. The van der Waals surface area contributed by atoms with Crippen LogP contribution in [0.4, 0.5) is 4.79 Å². The molecule has 24 heavy (non-hydrogen) atoms. The van der Waals surface area contributed by atoms with Crippen molar-refractivity contribution >= 4 is 11.9 Å². The highest BCUT2D eigenvalue weighted by molar-refractivity contribution is 6.00. The molecule has 1 aromatic rings. The largest absolute Gasteiger partial charge is 0.497 e. The highest BCUT2D eigenvalue weighted by Crippen LogP contribution is 2.49. The molecule has 2 atom stereocenters. The summed E-state index contributed by atoms with van der Waals surface area (Å²) in [6.45, 7) is 1.05. The van der Waals surface area contributed by atoms with Crippen LogP contribution in [-0.2, 0) is 4.79 Å². The summed E-state index contributed by atoms with van der Waals surface area (Å²) in [7, 11) is 1.67. The lowest BCUT2D eigenvalue weighted by Gasteiger charge is -2.38. The normalized spacial score (nSPS) is 28.1. The fraction of sp³-hybridized carbons (Fsp3) is 0.579. The summed E-state index contributed by atoms with van der Waals surface area (Å²) in [5.74, 6) is 1.69. The van der Waals surface area contributed by atoms with E-state index in [1.165, 1.54) is 10.5 Å². The van der Waals surface area contributed by atoms with Gasteiger partial charge < -0.3 is 10.1 Å². The van der Waals surface area contributed by atoms with Crippen molar-refractivity contribution in [1.29, 1.82) is 0 Å². The number of hydrogen-bond donors (Lipinski definition) is 1. The quantitative estimate of drug-likeness (QED) is 0.924. The Morgan fingerprint density at radius 3 is 2.83 bits per heavy atom. The van der Waals surface area contributed by atoms with Crippen molar-refractivity contribution in [3.8, 4) is 5.75 Å². The second kappa shape index (κ2) is 5.80. The van der Waals surface area contributed by atoms with Gasteiger partial charge in [0.05, 0.1) is 12.5 Å². The lowest BCUT2D eigenvalue weighted by atomic mass is 9.83. The predicted molar refractivity (Wildman–Crippen MR) is 89.9 cm³/mol. The molecule has 4 rings (SSSR count). The summed E-state index contributed by atoms with van der Waals surface area (Å²) >= 11 is 0. The number of urea groups is 1. The minimum atomic E-state index is -0.325. The topological polar surface area (TPSA) is 58.6 Å². The van der Waals surface area contributed by atoms with Gasteiger partial charge in [0.1, 0.15) is 5.75 Å². The van der Waals surface area contributed by atoms with Crippen LogP contribution in [0.1, 0.15) is 43.6 Å². The molecule has 5 heteroatoms. The Balaban J connectivity index is 1.45. The van der Waals surface area contributed by atoms with Crippen LogP contribution in [-0.4, -0.2) is 37.0 Å². The zero-order valence-electron chi connectivity index (χ0n) is 14.1. The van der Waals surface area contributed by atoms with E-state index in [1.54, 1.807) is 7.11 Å². The minimum Gasteiger partial charge on any atom is -0.497 e. The Hall–Kier alpha value is -2.04. The van der Waals surface area contributed by atoms with Crippen LogP contribution < -0.4 is 10.1 Å². The van der Waals surface area contributed by atoms with Crippen LogP contribution in [0.15, 0.2) is 24.3 Å². The number of nitrogens with zero attached hydrogens (tertiary/aromatic N) is 1. The number of amides is 3. The van der Waals surface area contributed by atoms with Crippen LogP contribution in [0.25, 0.3) is 0 Å². The maximum atomic E-state index is 12.9. The molecular weight excluding hydrogens is 304 g/mol. The Morgan fingerprint density at radius 1 is 1.29 bits per heavy atom. The summed E-state index contributed by atoms with van der Waals surface area (Å²) in [5.41, 5.74) is 0.911. The zero-order valence-corrected chi connectivity index (χ0v) is 14.1. The summed E-state index contributed by atoms with van der Waals surface area (Å²) in [4.78, 5) is 26.6. The fourth-order valence-electron chi connectivity index (χ4n) is 4.37. The molecule has 1 aliphatic heterocycles. The van der Waals surface area contributed by atoms with Crippen LogP contribution in [0.3, 0.4) is 0 Å². The molecule has 1 spiro atoms. The van der Waals surface area contributed by atoms with E-state index < -0.39 is 0 Å². The molecule has 128 valence electrons. The van der Waals surface area contributed by atoms with E-state index in [2.05, 4.69) is 17.4 Å². The molecule has 5 nitrogen and oxygen atoms in total. The van der Waals surface area contributed by atoms with Crippen molar-refractivity contribution in [3.63, 3.8) is 0 Å². The van der Waals surface area contributed by atoms with Crippen LogP contribution in [0.5, 0.6) is 5.75 Å². The number of ether oxygens (including phenoxy) is 1. The van der Waals surface area contributed by atoms with Gasteiger partial charge in [0.25, 0.3) is 0 Å². The van der Waals surface area contributed by atoms with Crippen LogP contribution in [0, 0.1) is 11.3 Å². The highest BCUT2D eigenvalue weighted by atomic mass is 16.5. The third-order valence-electron chi connectivity index (χ3n) is 5.94. The van der Waals surface area contributed by atoms with Gasteiger partial charge in [-0.3, -0.25) is 9.69 Å². The minimum absolute atomic E-state index is 0.0556. The first-order valence-electron chi connectivity index (χ1n) is 8.87. The van der Waals surface area contributed by atoms with E-state index in [-0.39, 0.29) is 17.4 Å². The predicted octanol–water partition coefficient (Wildman–Crippen LogP) is 2.91. The van der Waals surface area contributed by atoms with Gasteiger partial charge in [0, 0.05) is 13.1 Å². The summed E-state index contributed by atoms with van der Waals surface area (Å²) in [6, 6.07) is 7.88. The molecule has 1 N–H and O–H groups in total.